The van der Waals surface area contributed by atoms with Gasteiger partial charge in [0.1, 0.15) is 18.1 Å². The zero-order valence-corrected chi connectivity index (χ0v) is 20.2. The fourth-order valence-electron chi connectivity index (χ4n) is 2.76. The lowest BCUT2D eigenvalue weighted by molar-refractivity contribution is -0.142. The van der Waals surface area contributed by atoms with Crippen LogP contribution >= 0.6 is 12.6 Å². The van der Waals surface area contributed by atoms with E-state index < -0.39 is 60.2 Å². The van der Waals surface area contributed by atoms with Gasteiger partial charge in [0.25, 0.3) is 0 Å². The van der Waals surface area contributed by atoms with E-state index in [4.69, 9.17) is 22.9 Å². The van der Waals surface area contributed by atoms with Gasteiger partial charge in [0.05, 0.1) is 12.5 Å². The predicted molar refractivity (Wildman–Crippen MR) is 128 cm³/mol. The first-order valence-corrected chi connectivity index (χ1v) is 11.3. The van der Waals surface area contributed by atoms with Crippen molar-refractivity contribution in [3.63, 3.8) is 0 Å². The Morgan fingerprint density at radius 2 is 1.56 bits per heavy atom. The number of hydrogen-bond donors (Lipinski definition) is 9. The van der Waals surface area contributed by atoms with E-state index in [1.807, 2.05) is 0 Å². The summed E-state index contributed by atoms with van der Waals surface area (Å²) in [6.45, 7) is 3.68. The number of nitrogens with zero attached hydrogens (tertiary/aromatic N) is 1. The zero-order chi connectivity index (χ0) is 26.4. The number of aliphatic imine (C=N–C) groups is 1. The van der Waals surface area contributed by atoms with Crippen molar-refractivity contribution in [2.45, 2.75) is 63.7 Å². The molecule has 0 rings (SSSR count). The molecule has 15 heteroatoms. The number of thiol groups is 1. The lowest BCUT2D eigenvalue weighted by Gasteiger charge is -2.27. The van der Waals surface area contributed by atoms with Crippen molar-refractivity contribution in [3.8, 4) is 0 Å². The molecule has 0 aromatic heterocycles. The van der Waals surface area contributed by atoms with Crippen molar-refractivity contribution in [3.05, 3.63) is 0 Å². The molecular weight excluding hydrogens is 468 g/mol. The molecule has 34 heavy (non-hydrogen) atoms. The van der Waals surface area contributed by atoms with E-state index in [1.54, 1.807) is 13.8 Å². The van der Waals surface area contributed by atoms with Gasteiger partial charge in [0, 0.05) is 12.3 Å². The first-order chi connectivity index (χ1) is 15.8. The molecular formula is C19H36N8O6S. The van der Waals surface area contributed by atoms with Gasteiger partial charge in [-0.3, -0.25) is 24.2 Å². The maximum atomic E-state index is 12.9. The van der Waals surface area contributed by atoms with Crippen LogP contribution in [0.15, 0.2) is 4.99 Å². The number of carbonyl (C=O) groups is 5. The molecule has 4 amide bonds. The third kappa shape index (κ3) is 11.7. The van der Waals surface area contributed by atoms with Crippen molar-refractivity contribution in [2.24, 2.45) is 33.8 Å². The van der Waals surface area contributed by atoms with Gasteiger partial charge in [-0.1, -0.05) is 20.3 Å². The van der Waals surface area contributed by atoms with E-state index in [0.717, 1.165) is 0 Å². The van der Waals surface area contributed by atoms with Crippen LogP contribution in [0.1, 0.15) is 39.5 Å². The number of rotatable bonds is 16. The number of primary amides is 1. The van der Waals surface area contributed by atoms with Crippen LogP contribution in [0.4, 0.5) is 0 Å². The molecule has 0 spiro atoms. The minimum absolute atomic E-state index is 0.0500. The van der Waals surface area contributed by atoms with Gasteiger partial charge in [-0.05, 0) is 18.8 Å². The van der Waals surface area contributed by atoms with Gasteiger partial charge in [-0.2, -0.15) is 12.6 Å². The third-order valence-corrected chi connectivity index (χ3v) is 5.29. The van der Waals surface area contributed by atoms with E-state index in [0.29, 0.717) is 12.8 Å². The number of aliphatic carboxylic acids is 1. The van der Waals surface area contributed by atoms with Crippen molar-refractivity contribution in [1.82, 2.24) is 16.0 Å². The molecule has 0 fully saturated rings. The molecule has 0 aromatic rings. The Kier molecular flexibility index (Phi) is 14.3. The van der Waals surface area contributed by atoms with Crippen LogP contribution in [0.3, 0.4) is 0 Å². The summed E-state index contributed by atoms with van der Waals surface area (Å²) in [5.74, 6) is -4.87. The largest absolute Gasteiger partial charge is 0.480 e. The fraction of sp³-hybridized carbons (Fsp3) is 0.684. The van der Waals surface area contributed by atoms with Gasteiger partial charge in [0.15, 0.2) is 5.96 Å². The van der Waals surface area contributed by atoms with E-state index >= 15 is 0 Å². The molecule has 0 radical (unpaired) electrons. The maximum absolute atomic E-state index is 12.9. The summed E-state index contributed by atoms with van der Waals surface area (Å²) in [7, 11) is 0. The smallest absolute Gasteiger partial charge is 0.326 e. The standard InChI is InChI=1S/C19H36N8O6S/c1-3-9(2)14(27-15(29)10(20)7-13(21)28)17(31)26-12(8-34)16(30)25-11(18(32)33)5-4-6-24-19(22)23/h9-12,14,34H,3-8,20H2,1-2H3,(H2,21,28)(H,25,30)(H,26,31)(H,27,29)(H,32,33)(H4,22,23,24). The highest BCUT2D eigenvalue weighted by Crippen LogP contribution is 2.09. The maximum Gasteiger partial charge on any atom is 0.326 e. The van der Waals surface area contributed by atoms with Gasteiger partial charge < -0.3 is 44.0 Å². The molecule has 5 unspecified atom stereocenters. The molecule has 0 aliphatic heterocycles. The number of carbonyl (C=O) groups excluding carboxylic acids is 4. The van der Waals surface area contributed by atoms with Crippen LogP contribution in [0.25, 0.3) is 0 Å². The SMILES string of the molecule is CCC(C)C(NC(=O)C(N)CC(N)=O)C(=O)NC(CS)C(=O)NC(CCCN=C(N)N)C(=O)O. The van der Waals surface area contributed by atoms with E-state index in [2.05, 4.69) is 33.6 Å². The monoisotopic (exact) mass is 504 g/mol. The normalized spacial score (nSPS) is 15.1. The van der Waals surface area contributed by atoms with Gasteiger partial charge >= 0.3 is 5.97 Å². The van der Waals surface area contributed by atoms with E-state index in [9.17, 15) is 29.1 Å². The highest BCUT2D eigenvalue weighted by Gasteiger charge is 2.32. The van der Waals surface area contributed by atoms with Crippen LogP contribution < -0.4 is 38.9 Å². The number of carboxylic acid groups (broad SMARTS) is 1. The Hall–Kier alpha value is -3.07. The predicted octanol–water partition coefficient (Wildman–Crippen LogP) is -3.24. The Morgan fingerprint density at radius 1 is 0.971 bits per heavy atom. The van der Waals surface area contributed by atoms with Crippen molar-refractivity contribution < 1.29 is 29.1 Å². The summed E-state index contributed by atoms with van der Waals surface area (Å²) in [6.07, 6.45) is 0.440. The zero-order valence-electron chi connectivity index (χ0n) is 19.3. The van der Waals surface area contributed by atoms with Crippen molar-refractivity contribution >= 4 is 48.2 Å². The number of guanidine groups is 1. The second-order valence-electron chi connectivity index (χ2n) is 7.74. The quantitative estimate of drug-likeness (QED) is 0.0442. The first-order valence-electron chi connectivity index (χ1n) is 10.7. The molecule has 12 N–H and O–H groups in total. The van der Waals surface area contributed by atoms with Crippen LogP contribution in [0, 0.1) is 5.92 Å². The van der Waals surface area contributed by atoms with Crippen LogP contribution in [0.5, 0.6) is 0 Å². The summed E-state index contributed by atoms with van der Waals surface area (Å²) in [4.78, 5) is 64.0. The highest BCUT2D eigenvalue weighted by molar-refractivity contribution is 7.80. The fourth-order valence-corrected chi connectivity index (χ4v) is 3.02. The Morgan fingerprint density at radius 3 is 2.03 bits per heavy atom. The minimum atomic E-state index is -1.27. The summed E-state index contributed by atoms with van der Waals surface area (Å²) < 4.78 is 0. The molecule has 0 aliphatic carbocycles. The van der Waals surface area contributed by atoms with Gasteiger partial charge in [-0.15, -0.1) is 0 Å². The minimum Gasteiger partial charge on any atom is -0.480 e. The highest BCUT2D eigenvalue weighted by atomic mass is 32.1. The average Bonchev–Trinajstić information content (AvgIpc) is 2.75. The molecule has 14 nitrogen and oxygen atoms in total. The molecule has 0 saturated heterocycles. The number of carboxylic acids is 1. The number of nitrogens with one attached hydrogen (secondary N) is 3. The lowest BCUT2D eigenvalue weighted by Crippen LogP contribution is -2.59. The summed E-state index contributed by atoms with van der Waals surface area (Å²) >= 11 is 4.07. The second kappa shape index (κ2) is 15.7. The first kappa shape index (κ1) is 30.9. The summed E-state index contributed by atoms with van der Waals surface area (Å²) in [6, 6.07) is -4.73. The average molecular weight is 505 g/mol. The third-order valence-electron chi connectivity index (χ3n) is 4.93. The second-order valence-corrected chi connectivity index (χ2v) is 8.11. The van der Waals surface area contributed by atoms with E-state index in [-0.39, 0.29) is 30.6 Å². The van der Waals surface area contributed by atoms with Crippen molar-refractivity contribution in [1.29, 1.82) is 0 Å². The van der Waals surface area contributed by atoms with Crippen LogP contribution in [-0.2, 0) is 24.0 Å². The topological polar surface area (TPSA) is 258 Å². The molecule has 0 bridgehead atoms. The number of hydrogen-bond acceptors (Lipinski definition) is 8. The molecule has 5 atom stereocenters. The molecule has 0 heterocycles. The Bertz CT molecular complexity index is 761. The lowest BCUT2D eigenvalue weighted by atomic mass is 9.97. The molecule has 0 aromatic carbocycles. The van der Waals surface area contributed by atoms with Gasteiger partial charge in [0.2, 0.25) is 23.6 Å². The molecule has 194 valence electrons. The van der Waals surface area contributed by atoms with Crippen LogP contribution in [0.2, 0.25) is 0 Å². The number of amides is 4. The van der Waals surface area contributed by atoms with Crippen molar-refractivity contribution in [2.75, 3.05) is 12.3 Å². The summed E-state index contributed by atoms with van der Waals surface area (Å²) in [5, 5.41) is 16.7. The van der Waals surface area contributed by atoms with Gasteiger partial charge in [-0.25, -0.2) is 4.79 Å². The Labute approximate surface area is 203 Å². The summed E-state index contributed by atoms with van der Waals surface area (Å²) in [5.41, 5.74) is 21.1. The molecule has 0 aliphatic rings. The van der Waals surface area contributed by atoms with E-state index in [1.165, 1.54) is 0 Å². The Balaban J connectivity index is 5.25. The number of nitrogens with two attached hydrogens (primary N) is 4. The molecule has 0 saturated carbocycles. The van der Waals surface area contributed by atoms with Crippen LogP contribution in [-0.4, -0.2) is 77.1 Å².